The largest absolute Gasteiger partial charge is 0.497 e. The van der Waals surface area contributed by atoms with Crippen molar-refractivity contribution in [2.24, 2.45) is 0 Å². The summed E-state index contributed by atoms with van der Waals surface area (Å²) in [5.74, 6) is -0.286. The summed E-state index contributed by atoms with van der Waals surface area (Å²) in [6.07, 6.45) is 1.66. The van der Waals surface area contributed by atoms with Gasteiger partial charge < -0.3 is 9.15 Å². The zero-order valence-electron chi connectivity index (χ0n) is 18.5. The molecule has 3 heterocycles. The summed E-state index contributed by atoms with van der Waals surface area (Å²) >= 11 is 0. The molecule has 0 unspecified atom stereocenters. The van der Waals surface area contributed by atoms with Gasteiger partial charge in [-0.05, 0) is 49.4 Å². The Morgan fingerprint density at radius 1 is 0.882 bits per heavy atom. The highest BCUT2D eigenvalue weighted by Gasteiger charge is 2.20. The van der Waals surface area contributed by atoms with Crippen molar-refractivity contribution in [3.05, 3.63) is 89.8 Å². The number of aromatic nitrogens is 2. The van der Waals surface area contributed by atoms with Crippen molar-refractivity contribution in [1.82, 2.24) is 20.8 Å². The number of hydrogen-bond acceptors (Lipinski definition) is 6. The zero-order valence-corrected chi connectivity index (χ0v) is 18.5. The van der Waals surface area contributed by atoms with Crippen molar-refractivity contribution in [1.29, 1.82) is 0 Å². The van der Waals surface area contributed by atoms with Gasteiger partial charge in [-0.2, -0.15) is 0 Å². The molecule has 8 heteroatoms. The van der Waals surface area contributed by atoms with Crippen molar-refractivity contribution in [3.63, 3.8) is 0 Å². The van der Waals surface area contributed by atoms with Gasteiger partial charge in [-0.15, -0.1) is 0 Å². The van der Waals surface area contributed by atoms with Crippen LogP contribution in [-0.2, 0) is 0 Å². The molecular formula is C26H20N4O4. The molecule has 0 spiro atoms. The van der Waals surface area contributed by atoms with E-state index < -0.39 is 11.8 Å². The molecule has 0 aliphatic rings. The molecular weight excluding hydrogens is 432 g/mol. The minimum Gasteiger partial charge on any atom is -0.497 e. The van der Waals surface area contributed by atoms with Gasteiger partial charge in [0.1, 0.15) is 11.3 Å². The smallest absolute Gasteiger partial charge is 0.305 e. The molecule has 3 aromatic heterocycles. The number of pyridine rings is 2. The minimum absolute atomic E-state index is 0.109. The first-order chi connectivity index (χ1) is 16.5. The molecule has 2 aromatic carbocycles. The molecule has 0 atom stereocenters. The molecule has 0 saturated carbocycles. The molecule has 168 valence electrons. The maximum atomic E-state index is 13.1. The quantitative estimate of drug-likeness (QED) is 0.391. The molecule has 5 aromatic rings. The summed E-state index contributed by atoms with van der Waals surface area (Å²) in [6.45, 7) is 1.78. The van der Waals surface area contributed by atoms with Crippen LogP contribution in [0.25, 0.3) is 33.3 Å². The van der Waals surface area contributed by atoms with Gasteiger partial charge in [0.2, 0.25) is 0 Å². The van der Waals surface area contributed by atoms with E-state index in [0.717, 1.165) is 5.39 Å². The predicted octanol–water partition coefficient (Wildman–Crippen LogP) is 4.43. The normalized spacial score (nSPS) is 10.9. The number of carbonyl (C=O) groups excluding carboxylic acids is 2. The van der Waals surface area contributed by atoms with Crippen molar-refractivity contribution in [2.45, 2.75) is 6.92 Å². The average Bonchev–Trinajstić information content (AvgIpc) is 3.22. The highest BCUT2D eigenvalue weighted by atomic mass is 16.5. The number of methoxy groups -OCH3 is 1. The topological polar surface area (TPSA) is 106 Å². The standard InChI is InChI=1S/C26H20N4O4/c1-15-18-13-16(33-2)10-11-23(18)34-24(15)26(32)30-29-25(31)19-14-22(21-9-5-6-12-27-21)28-20-8-4-3-7-17(19)20/h3-14H,1-2H3,(H,29,31)(H,30,32). The van der Waals surface area contributed by atoms with Crippen LogP contribution in [-0.4, -0.2) is 28.9 Å². The van der Waals surface area contributed by atoms with E-state index in [1.807, 2.05) is 36.4 Å². The van der Waals surface area contributed by atoms with Crippen LogP contribution >= 0.6 is 0 Å². The third-order valence-electron chi connectivity index (χ3n) is 5.53. The fourth-order valence-corrected chi connectivity index (χ4v) is 3.79. The molecule has 0 bridgehead atoms. The third-order valence-corrected chi connectivity index (χ3v) is 5.53. The Balaban J connectivity index is 1.43. The van der Waals surface area contributed by atoms with Crippen LogP contribution in [0.3, 0.4) is 0 Å². The zero-order chi connectivity index (χ0) is 23.7. The fourth-order valence-electron chi connectivity index (χ4n) is 3.79. The van der Waals surface area contributed by atoms with Crippen LogP contribution in [0, 0.1) is 6.92 Å². The Morgan fingerprint density at radius 3 is 2.47 bits per heavy atom. The van der Waals surface area contributed by atoms with E-state index in [1.54, 1.807) is 50.6 Å². The number of amides is 2. The number of hydrogen-bond donors (Lipinski definition) is 2. The highest BCUT2D eigenvalue weighted by Crippen LogP contribution is 2.29. The lowest BCUT2D eigenvalue weighted by atomic mass is 10.1. The van der Waals surface area contributed by atoms with E-state index in [4.69, 9.17) is 9.15 Å². The van der Waals surface area contributed by atoms with Gasteiger partial charge in [0, 0.05) is 22.5 Å². The summed E-state index contributed by atoms with van der Waals surface area (Å²) in [7, 11) is 1.57. The van der Waals surface area contributed by atoms with Crippen molar-refractivity contribution in [3.8, 4) is 17.1 Å². The Labute approximate surface area is 194 Å². The van der Waals surface area contributed by atoms with E-state index in [1.165, 1.54) is 0 Å². The first-order valence-electron chi connectivity index (χ1n) is 10.5. The highest BCUT2D eigenvalue weighted by molar-refractivity contribution is 6.08. The lowest BCUT2D eigenvalue weighted by Gasteiger charge is -2.11. The Bertz CT molecular complexity index is 1540. The maximum absolute atomic E-state index is 13.1. The van der Waals surface area contributed by atoms with Crippen LogP contribution in [0.1, 0.15) is 26.5 Å². The summed E-state index contributed by atoms with van der Waals surface area (Å²) in [5.41, 5.74) is 8.33. The van der Waals surface area contributed by atoms with Crippen molar-refractivity contribution < 1.29 is 18.7 Å². The summed E-state index contributed by atoms with van der Waals surface area (Å²) in [5, 5.41) is 1.41. The summed E-state index contributed by atoms with van der Waals surface area (Å²) in [6, 6.07) is 19.7. The second-order valence-electron chi connectivity index (χ2n) is 7.61. The first kappa shape index (κ1) is 21.1. The molecule has 0 aliphatic heterocycles. The van der Waals surface area contributed by atoms with Crippen LogP contribution < -0.4 is 15.6 Å². The number of furan rings is 1. The number of rotatable bonds is 4. The molecule has 0 fully saturated rings. The first-order valence-corrected chi connectivity index (χ1v) is 10.5. The number of aryl methyl sites for hydroxylation is 1. The number of para-hydroxylation sites is 1. The van der Waals surface area contributed by atoms with Gasteiger partial charge in [0.05, 0.1) is 29.6 Å². The van der Waals surface area contributed by atoms with E-state index >= 15 is 0 Å². The van der Waals surface area contributed by atoms with E-state index in [-0.39, 0.29) is 5.76 Å². The predicted molar refractivity (Wildman–Crippen MR) is 127 cm³/mol. The van der Waals surface area contributed by atoms with Gasteiger partial charge in [0.25, 0.3) is 5.91 Å². The van der Waals surface area contributed by atoms with Crippen molar-refractivity contribution >= 4 is 33.7 Å². The third kappa shape index (κ3) is 3.81. The van der Waals surface area contributed by atoms with Crippen LogP contribution in [0.5, 0.6) is 5.75 Å². The molecule has 34 heavy (non-hydrogen) atoms. The molecule has 0 aliphatic carbocycles. The molecule has 2 N–H and O–H groups in total. The number of nitrogens with zero attached hydrogens (tertiary/aromatic N) is 2. The van der Waals surface area contributed by atoms with Gasteiger partial charge >= 0.3 is 5.91 Å². The Kier molecular flexibility index (Phi) is 5.39. The number of benzene rings is 2. The fraction of sp³-hybridized carbons (Fsp3) is 0.0769. The average molecular weight is 452 g/mol. The number of fused-ring (bicyclic) bond motifs is 2. The van der Waals surface area contributed by atoms with Gasteiger partial charge in [-0.25, -0.2) is 4.98 Å². The summed E-state index contributed by atoms with van der Waals surface area (Å²) in [4.78, 5) is 34.9. The Hall–Kier alpha value is -4.72. The molecule has 8 nitrogen and oxygen atoms in total. The van der Waals surface area contributed by atoms with Crippen LogP contribution in [0.15, 0.2) is 77.3 Å². The van der Waals surface area contributed by atoms with Gasteiger partial charge in [-0.1, -0.05) is 24.3 Å². The molecule has 5 rings (SSSR count). The van der Waals surface area contributed by atoms with Gasteiger partial charge in [0.15, 0.2) is 5.76 Å². The Morgan fingerprint density at radius 2 is 1.68 bits per heavy atom. The van der Waals surface area contributed by atoms with E-state index in [2.05, 4.69) is 20.8 Å². The van der Waals surface area contributed by atoms with Gasteiger partial charge in [-0.3, -0.25) is 25.4 Å². The van der Waals surface area contributed by atoms with Crippen molar-refractivity contribution in [2.75, 3.05) is 7.11 Å². The van der Waals surface area contributed by atoms with E-state index in [0.29, 0.717) is 44.8 Å². The lowest BCUT2D eigenvalue weighted by Crippen LogP contribution is -2.41. The monoisotopic (exact) mass is 452 g/mol. The second kappa shape index (κ2) is 8.67. The lowest BCUT2D eigenvalue weighted by molar-refractivity contribution is 0.0832. The molecule has 0 radical (unpaired) electrons. The number of nitrogens with one attached hydrogen (secondary N) is 2. The van der Waals surface area contributed by atoms with Crippen LogP contribution in [0.4, 0.5) is 0 Å². The number of carbonyl (C=O) groups is 2. The number of ether oxygens (including phenoxy) is 1. The minimum atomic E-state index is -0.565. The SMILES string of the molecule is COc1ccc2oc(C(=O)NNC(=O)c3cc(-c4ccccn4)nc4ccccc34)c(C)c2c1. The van der Waals surface area contributed by atoms with Crippen LogP contribution in [0.2, 0.25) is 0 Å². The summed E-state index contributed by atoms with van der Waals surface area (Å²) < 4.78 is 11.0. The second-order valence-corrected chi connectivity index (χ2v) is 7.61. The molecule has 2 amide bonds. The molecule has 0 saturated heterocycles. The number of hydrazine groups is 1. The maximum Gasteiger partial charge on any atom is 0.305 e. The van der Waals surface area contributed by atoms with E-state index in [9.17, 15) is 9.59 Å².